The van der Waals surface area contributed by atoms with Crippen LogP contribution in [-0.2, 0) is 9.84 Å². The molecule has 0 aromatic rings. The van der Waals surface area contributed by atoms with Gasteiger partial charge >= 0.3 is 0 Å². The molecule has 0 fully saturated rings. The van der Waals surface area contributed by atoms with Gasteiger partial charge in [-0.05, 0) is 33.4 Å². The Kier molecular flexibility index (Phi) is 10.4. The minimum Gasteiger partial charge on any atom is -0.357 e. The summed E-state index contributed by atoms with van der Waals surface area (Å²) >= 11 is 0. The fourth-order valence-electron chi connectivity index (χ4n) is 1.86. The molecule has 1 unspecified atom stereocenters. The van der Waals surface area contributed by atoms with Gasteiger partial charge in [0, 0.05) is 25.4 Å². The number of aliphatic imine (C=N–C) groups is 1. The van der Waals surface area contributed by atoms with Crippen molar-refractivity contribution in [1.29, 1.82) is 0 Å². The zero-order valence-corrected chi connectivity index (χ0v) is 15.0. The summed E-state index contributed by atoms with van der Waals surface area (Å²) in [6.07, 6.45) is 1.85. The second-order valence-corrected chi connectivity index (χ2v) is 7.51. The zero-order valence-electron chi connectivity index (χ0n) is 14.1. The average molecular weight is 321 g/mol. The quantitative estimate of drug-likeness (QED) is 0.458. The monoisotopic (exact) mass is 320 g/mol. The Morgan fingerprint density at radius 1 is 1.24 bits per heavy atom. The molecule has 2 N–H and O–H groups in total. The molecule has 0 saturated heterocycles. The van der Waals surface area contributed by atoms with Crippen LogP contribution >= 0.6 is 0 Å². The van der Waals surface area contributed by atoms with Crippen LogP contribution < -0.4 is 10.6 Å². The van der Waals surface area contributed by atoms with Gasteiger partial charge in [-0.3, -0.25) is 4.99 Å². The molecule has 126 valence electrons. The van der Waals surface area contributed by atoms with Crippen LogP contribution in [0.2, 0.25) is 0 Å². The molecular weight excluding hydrogens is 288 g/mol. The van der Waals surface area contributed by atoms with Gasteiger partial charge in [-0.2, -0.15) is 0 Å². The molecule has 0 spiro atoms. The summed E-state index contributed by atoms with van der Waals surface area (Å²) in [5.74, 6) is 0.950. The third kappa shape index (κ3) is 11.5. The minimum absolute atomic E-state index is 0.0750. The third-order valence-corrected chi connectivity index (χ3v) is 4.21. The lowest BCUT2D eigenvalue weighted by atomic mass is 10.3. The van der Waals surface area contributed by atoms with E-state index in [4.69, 9.17) is 0 Å². The van der Waals surface area contributed by atoms with Gasteiger partial charge in [0.1, 0.15) is 9.84 Å². The second-order valence-electron chi connectivity index (χ2n) is 5.25. The molecule has 21 heavy (non-hydrogen) atoms. The van der Waals surface area contributed by atoms with Crippen molar-refractivity contribution in [2.75, 3.05) is 44.7 Å². The molecule has 0 bridgehead atoms. The van der Waals surface area contributed by atoms with Crippen molar-refractivity contribution in [3.63, 3.8) is 0 Å². The molecule has 0 aliphatic rings. The van der Waals surface area contributed by atoms with Crippen molar-refractivity contribution in [3.8, 4) is 0 Å². The second kappa shape index (κ2) is 10.8. The van der Waals surface area contributed by atoms with Gasteiger partial charge in [0.2, 0.25) is 0 Å². The first-order chi connectivity index (χ1) is 9.82. The molecule has 0 aromatic heterocycles. The van der Waals surface area contributed by atoms with Crippen LogP contribution in [0.4, 0.5) is 0 Å². The van der Waals surface area contributed by atoms with Gasteiger partial charge in [-0.15, -0.1) is 0 Å². The number of rotatable bonds is 10. The first-order valence-corrected chi connectivity index (χ1v) is 9.83. The molecule has 0 radical (unpaired) electrons. The standard InChI is InChI=1S/C14H32N4O2S/c1-6-15-14(16-10-11-18(7-2)8-3)17-13(4)9-12-21(5,19)20/h13H,6-12H2,1-5H3,(H2,15,16,17). The molecule has 6 nitrogen and oxygen atoms in total. The van der Waals surface area contributed by atoms with Gasteiger partial charge in [0.25, 0.3) is 0 Å². The highest BCUT2D eigenvalue weighted by atomic mass is 32.2. The van der Waals surface area contributed by atoms with Crippen LogP contribution in [0.25, 0.3) is 0 Å². The largest absolute Gasteiger partial charge is 0.357 e. The molecule has 0 aliphatic carbocycles. The normalized spacial score (nSPS) is 14.3. The van der Waals surface area contributed by atoms with Crippen LogP contribution in [0.3, 0.4) is 0 Å². The Labute approximate surface area is 130 Å². The van der Waals surface area contributed by atoms with Crippen molar-refractivity contribution < 1.29 is 8.42 Å². The van der Waals surface area contributed by atoms with E-state index in [0.29, 0.717) is 6.42 Å². The highest BCUT2D eigenvalue weighted by Gasteiger charge is 2.09. The van der Waals surface area contributed by atoms with E-state index in [1.165, 1.54) is 6.26 Å². The molecular formula is C14H32N4O2S. The Hall–Kier alpha value is -0.820. The molecule has 0 amide bonds. The van der Waals surface area contributed by atoms with Crippen LogP contribution in [0.5, 0.6) is 0 Å². The summed E-state index contributed by atoms with van der Waals surface area (Å²) in [6.45, 7) is 12.8. The SMILES string of the molecule is CCNC(=NCCN(CC)CC)NC(C)CCS(C)(=O)=O. The summed E-state index contributed by atoms with van der Waals surface area (Å²) in [4.78, 5) is 6.86. The number of sulfone groups is 1. The van der Waals surface area contributed by atoms with E-state index in [2.05, 4.69) is 34.4 Å². The van der Waals surface area contributed by atoms with Crippen molar-refractivity contribution in [2.45, 2.75) is 40.2 Å². The number of hydrogen-bond acceptors (Lipinski definition) is 4. The molecule has 1 atom stereocenters. The number of guanidine groups is 1. The van der Waals surface area contributed by atoms with E-state index < -0.39 is 9.84 Å². The number of nitrogens with one attached hydrogen (secondary N) is 2. The molecule has 0 rings (SSSR count). The average Bonchev–Trinajstić information content (AvgIpc) is 2.41. The maximum absolute atomic E-state index is 11.2. The Balaban J connectivity index is 4.33. The van der Waals surface area contributed by atoms with Crippen molar-refractivity contribution >= 4 is 15.8 Å². The van der Waals surface area contributed by atoms with E-state index >= 15 is 0 Å². The lowest BCUT2D eigenvalue weighted by molar-refractivity contribution is 0.313. The molecule has 0 heterocycles. The van der Waals surface area contributed by atoms with E-state index in [1.807, 2.05) is 13.8 Å². The van der Waals surface area contributed by atoms with Crippen molar-refractivity contribution in [2.24, 2.45) is 4.99 Å². The maximum Gasteiger partial charge on any atom is 0.191 e. The van der Waals surface area contributed by atoms with Crippen LogP contribution in [0.1, 0.15) is 34.1 Å². The first-order valence-electron chi connectivity index (χ1n) is 7.77. The smallest absolute Gasteiger partial charge is 0.191 e. The Morgan fingerprint density at radius 3 is 2.33 bits per heavy atom. The predicted octanol–water partition coefficient (Wildman–Crippen LogP) is 0.707. The maximum atomic E-state index is 11.2. The van der Waals surface area contributed by atoms with E-state index in [-0.39, 0.29) is 11.8 Å². The van der Waals surface area contributed by atoms with Crippen LogP contribution in [-0.4, -0.2) is 70.1 Å². The van der Waals surface area contributed by atoms with Gasteiger partial charge in [-0.25, -0.2) is 8.42 Å². The fraction of sp³-hybridized carbons (Fsp3) is 0.929. The molecule has 0 aliphatic heterocycles. The van der Waals surface area contributed by atoms with Crippen molar-refractivity contribution in [3.05, 3.63) is 0 Å². The van der Waals surface area contributed by atoms with Gasteiger partial charge in [-0.1, -0.05) is 13.8 Å². The van der Waals surface area contributed by atoms with E-state index in [1.54, 1.807) is 0 Å². The number of hydrogen-bond donors (Lipinski definition) is 2. The number of likely N-dealkylation sites (N-methyl/N-ethyl adjacent to an activating group) is 1. The third-order valence-electron chi connectivity index (χ3n) is 3.23. The Bertz CT molecular complexity index is 392. The van der Waals surface area contributed by atoms with Gasteiger partial charge in [0.05, 0.1) is 12.3 Å². The summed E-state index contributed by atoms with van der Waals surface area (Å²) in [6, 6.07) is 0.0750. The summed E-state index contributed by atoms with van der Waals surface area (Å²) < 4.78 is 22.4. The number of nitrogens with zero attached hydrogens (tertiary/aromatic N) is 2. The van der Waals surface area contributed by atoms with E-state index in [0.717, 1.165) is 38.7 Å². The summed E-state index contributed by atoms with van der Waals surface area (Å²) in [7, 11) is -2.91. The minimum atomic E-state index is -2.91. The lowest BCUT2D eigenvalue weighted by Gasteiger charge is -2.19. The molecule has 7 heteroatoms. The highest BCUT2D eigenvalue weighted by Crippen LogP contribution is 1.95. The van der Waals surface area contributed by atoms with Gasteiger partial charge in [0.15, 0.2) is 5.96 Å². The predicted molar refractivity (Wildman–Crippen MR) is 90.7 cm³/mol. The zero-order chi connectivity index (χ0) is 16.3. The summed E-state index contributed by atoms with van der Waals surface area (Å²) in [5.41, 5.74) is 0. The lowest BCUT2D eigenvalue weighted by Crippen LogP contribution is -2.43. The van der Waals surface area contributed by atoms with Crippen LogP contribution in [0.15, 0.2) is 4.99 Å². The highest BCUT2D eigenvalue weighted by molar-refractivity contribution is 7.90. The molecule has 0 saturated carbocycles. The van der Waals surface area contributed by atoms with Gasteiger partial charge < -0.3 is 15.5 Å². The van der Waals surface area contributed by atoms with Crippen molar-refractivity contribution in [1.82, 2.24) is 15.5 Å². The summed E-state index contributed by atoms with van der Waals surface area (Å²) in [5, 5.41) is 6.45. The Morgan fingerprint density at radius 2 is 1.86 bits per heavy atom. The first kappa shape index (κ1) is 20.2. The molecule has 0 aromatic carbocycles. The fourth-order valence-corrected chi connectivity index (χ4v) is 2.64. The van der Waals surface area contributed by atoms with E-state index in [9.17, 15) is 8.42 Å². The van der Waals surface area contributed by atoms with Crippen LogP contribution in [0, 0.1) is 0 Å². The topological polar surface area (TPSA) is 73.8 Å².